The number of carbonyl (C=O) groups excluding carboxylic acids is 2. The Bertz CT molecular complexity index is 770. The molecule has 1 heterocycles. The van der Waals surface area contributed by atoms with Crippen LogP contribution >= 0.6 is 0 Å². The van der Waals surface area contributed by atoms with Gasteiger partial charge in [0, 0.05) is 24.3 Å². The number of nitrogens with one attached hydrogen (secondary N) is 1. The van der Waals surface area contributed by atoms with Gasteiger partial charge < -0.3 is 10.2 Å². The van der Waals surface area contributed by atoms with Gasteiger partial charge in [-0.2, -0.15) is 0 Å². The van der Waals surface area contributed by atoms with Crippen LogP contribution in [0.2, 0.25) is 0 Å². The summed E-state index contributed by atoms with van der Waals surface area (Å²) in [6, 6.07) is 15.6. The summed E-state index contributed by atoms with van der Waals surface area (Å²) < 4.78 is 0. The fourth-order valence-electron chi connectivity index (χ4n) is 3.14. The SMILES string of the molecule is CCc1ccccc1N1C[C@H](C(=O)Nc2ccccc2C)CC1=O. The number of hydrogen-bond donors (Lipinski definition) is 1. The minimum absolute atomic E-state index is 0.0147. The summed E-state index contributed by atoms with van der Waals surface area (Å²) in [5.74, 6) is -0.392. The lowest BCUT2D eigenvalue weighted by Crippen LogP contribution is -2.28. The molecule has 1 saturated heterocycles. The van der Waals surface area contributed by atoms with Gasteiger partial charge in [-0.1, -0.05) is 43.3 Å². The van der Waals surface area contributed by atoms with Gasteiger partial charge in [0.05, 0.1) is 5.92 Å². The molecule has 4 nitrogen and oxygen atoms in total. The summed E-state index contributed by atoms with van der Waals surface area (Å²) in [5, 5.41) is 2.96. The summed E-state index contributed by atoms with van der Waals surface area (Å²) in [7, 11) is 0. The van der Waals surface area contributed by atoms with E-state index in [4.69, 9.17) is 0 Å². The van der Waals surface area contributed by atoms with E-state index in [9.17, 15) is 9.59 Å². The van der Waals surface area contributed by atoms with Crippen molar-refractivity contribution in [1.82, 2.24) is 0 Å². The van der Waals surface area contributed by atoms with Crippen molar-refractivity contribution < 1.29 is 9.59 Å². The number of para-hydroxylation sites is 2. The quantitative estimate of drug-likeness (QED) is 0.936. The number of nitrogens with zero attached hydrogens (tertiary/aromatic N) is 1. The number of rotatable bonds is 4. The Labute approximate surface area is 142 Å². The molecule has 0 saturated carbocycles. The monoisotopic (exact) mass is 322 g/mol. The van der Waals surface area contributed by atoms with Crippen molar-refractivity contribution in [2.75, 3.05) is 16.8 Å². The van der Waals surface area contributed by atoms with Gasteiger partial charge in [0.15, 0.2) is 0 Å². The van der Waals surface area contributed by atoms with Gasteiger partial charge in [0.1, 0.15) is 0 Å². The van der Waals surface area contributed by atoms with E-state index in [1.54, 1.807) is 4.90 Å². The second-order valence-corrected chi connectivity index (χ2v) is 6.19. The Morgan fingerprint density at radius 3 is 2.62 bits per heavy atom. The standard InChI is InChI=1S/C20H22N2O2/c1-3-15-9-5-7-11-18(15)22-13-16(12-19(22)23)20(24)21-17-10-6-4-8-14(17)2/h4-11,16H,3,12-13H2,1-2H3,(H,21,24)/t16-/m1/s1. The van der Waals surface area contributed by atoms with E-state index in [1.165, 1.54) is 0 Å². The minimum atomic E-state index is -0.318. The van der Waals surface area contributed by atoms with E-state index in [2.05, 4.69) is 12.2 Å². The minimum Gasteiger partial charge on any atom is -0.326 e. The van der Waals surface area contributed by atoms with E-state index in [1.807, 2.05) is 55.5 Å². The predicted octanol–water partition coefficient (Wildman–Crippen LogP) is 3.55. The summed E-state index contributed by atoms with van der Waals surface area (Å²) in [4.78, 5) is 26.7. The zero-order valence-corrected chi connectivity index (χ0v) is 14.1. The van der Waals surface area contributed by atoms with Crippen LogP contribution in [0.25, 0.3) is 0 Å². The van der Waals surface area contributed by atoms with Crippen molar-refractivity contribution in [1.29, 1.82) is 0 Å². The average molecular weight is 322 g/mol. The molecule has 1 aliphatic heterocycles. The van der Waals surface area contributed by atoms with Crippen molar-refractivity contribution >= 4 is 23.2 Å². The molecule has 2 aromatic carbocycles. The highest BCUT2D eigenvalue weighted by Gasteiger charge is 2.35. The molecule has 0 aromatic heterocycles. The number of carbonyl (C=O) groups is 2. The molecular formula is C20H22N2O2. The maximum absolute atomic E-state index is 12.6. The topological polar surface area (TPSA) is 49.4 Å². The maximum atomic E-state index is 12.6. The van der Waals surface area contributed by atoms with E-state index in [0.717, 1.165) is 28.9 Å². The molecule has 2 aromatic rings. The Hall–Kier alpha value is -2.62. The second-order valence-electron chi connectivity index (χ2n) is 6.19. The molecule has 0 aliphatic carbocycles. The van der Waals surface area contributed by atoms with Crippen LogP contribution in [-0.4, -0.2) is 18.4 Å². The molecule has 3 rings (SSSR count). The zero-order chi connectivity index (χ0) is 17.1. The van der Waals surface area contributed by atoms with Crippen molar-refractivity contribution in [3.8, 4) is 0 Å². The number of aryl methyl sites for hydroxylation is 2. The van der Waals surface area contributed by atoms with Crippen molar-refractivity contribution in [2.45, 2.75) is 26.7 Å². The molecule has 4 heteroatoms. The molecule has 0 unspecified atom stereocenters. The Morgan fingerprint density at radius 1 is 1.17 bits per heavy atom. The molecule has 1 aliphatic rings. The molecule has 1 atom stereocenters. The van der Waals surface area contributed by atoms with Gasteiger partial charge in [-0.3, -0.25) is 9.59 Å². The van der Waals surface area contributed by atoms with Crippen LogP contribution < -0.4 is 10.2 Å². The largest absolute Gasteiger partial charge is 0.326 e. The van der Waals surface area contributed by atoms with Crippen molar-refractivity contribution in [3.63, 3.8) is 0 Å². The van der Waals surface area contributed by atoms with E-state index < -0.39 is 0 Å². The molecule has 0 spiro atoms. The summed E-state index contributed by atoms with van der Waals surface area (Å²) in [6.45, 7) is 4.47. The first-order valence-corrected chi connectivity index (χ1v) is 8.35. The van der Waals surface area contributed by atoms with Gasteiger partial charge in [-0.15, -0.1) is 0 Å². The van der Waals surface area contributed by atoms with Gasteiger partial charge in [-0.25, -0.2) is 0 Å². The lowest BCUT2D eigenvalue weighted by atomic mass is 10.1. The first-order valence-electron chi connectivity index (χ1n) is 8.35. The molecule has 24 heavy (non-hydrogen) atoms. The van der Waals surface area contributed by atoms with Crippen LogP contribution in [0.15, 0.2) is 48.5 Å². The van der Waals surface area contributed by atoms with Gasteiger partial charge in [0.2, 0.25) is 11.8 Å². The fraction of sp³-hybridized carbons (Fsp3) is 0.300. The number of benzene rings is 2. The predicted molar refractivity (Wildman–Crippen MR) is 96.1 cm³/mol. The van der Waals surface area contributed by atoms with Crippen LogP contribution in [-0.2, 0) is 16.0 Å². The lowest BCUT2D eigenvalue weighted by molar-refractivity contribution is -0.122. The molecule has 124 valence electrons. The first-order chi connectivity index (χ1) is 11.6. The van der Waals surface area contributed by atoms with Gasteiger partial charge in [-0.05, 0) is 36.6 Å². The Balaban J connectivity index is 1.75. The van der Waals surface area contributed by atoms with Crippen molar-refractivity contribution in [2.24, 2.45) is 5.92 Å². The first kappa shape index (κ1) is 16.2. The molecule has 2 amide bonds. The Kier molecular flexibility index (Phi) is 4.65. The molecular weight excluding hydrogens is 300 g/mol. The van der Waals surface area contributed by atoms with Crippen LogP contribution in [0.3, 0.4) is 0 Å². The molecule has 0 radical (unpaired) electrons. The fourth-order valence-corrected chi connectivity index (χ4v) is 3.14. The average Bonchev–Trinajstić information content (AvgIpc) is 2.98. The summed E-state index contributed by atoms with van der Waals surface area (Å²) in [5.41, 5.74) is 3.88. The summed E-state index contributed by atoms with van der Waals surface area (Å²) in [6.07, 6.45) is 1.12. The van der Waals surface area contributed by atoms with Crippen LogP contribution in [0, 0.1) is 12.8 Å². The van der Waals surface area contributed by atoms with Crippen LogP contribution in [0.5, 0.6) is 0 Å². The third kappa shape index (κ3) is 3.18. The van der Waals surface area contributed by atoms with E-state index in [0.29, 0.717) is 6.54 Å². The summed E-state index contributed by atoms with van der Waals surface area (Å²) >= 11 is 0. The number of hydrogen-bond acceptors (Lipinski definition) is 2. The smallest absolute Gasteiger partial charge is 0.229 e. The van der Waals surface area contributed by atoms with Crippen LogP contribution in [0.4, 0.5) is 11.4 Å². The highest BCUT2D eigenvalue weighted by Crippen LogP contribution is 2.29. The van der Waals surface area contributed by atoms with Gasteiger partial charge in [0.25, 0.3) is 0 Å². The Morgan fingerprint density at radius 2 is 1.88 bits per heavy atom. The third-order valence-electron chi connectivity index (χ3n) is 4.56. The van der Waals surface area contributed by atoms with Crippen molar-refractivity contribution in [3.05, 3.63) is 59.7 Å². The third-order valence-corrected chi connectivity index (χ3v) is 4.56. The van der Waals surface area contributed by atoms with E-state index in [-0.39, 0.29) is 24.2 Å². The maximum Gasteiger partial charge on any atom is 0.229 e. The number of amides is 2. The van der Waals surface area contributed by atoms with Crippen LogP contribution in [0.1, 0.15) is 24.5 Å². The lowest BCUT2D eigenvalue weighted by Gasteiger charge is -2.20. The van der Waals surface area contributed by atoms with Gasteiger partial charge >= 0.3 is 0 Å². The normalized spacial score (nSPS) is 17.2. The highest BCUT2D eigenvalue weighted by molar-refractivity contribution is 6.04. The molecule has 0 bridgehead atoms. The number of anilines is 2. The highest BCUT2D eigenvalue weighted by atomic mass is 16.2. The van der Waals surface area contributed by atoms with E-state index >= 15 is 0 Å². The molecule has 1 N–H and O–H groups in total. The second kappa shape index (κ2) is 6.87. The zero-order valence-electron chi connectivity index (χ0n) is 14.1. The molecule has 1 fully saturated rings.